The van der Waals surface area contributed by atoms with Gasteiger partial charge in [-0.1, -0.05) is 31.2 Å². The molecule has 0 fully saturated rings. The highest BCUT2D eigenvalue weighted by Gasteiger charge is 2.23. The molecule has 0 radical (unpaired) electrons. The number of thiol groups is 1. The molecule has 52 heavy (non-hydrogen) atoms. The minimum absolute atomic E-state index is 0.0228. The van der Waals surface area contributed by atoms with Crippen molar-refractivity contribution in [3.63, 3.8) is 0 Å². The third-order valence-corrected chi connectivity index (χ3v) is 6.08. The number of carboxylic acid groups (broad SMARTS) is 4. The van der Waals surface area contributed by atoms with Crippen LogP contribution in [0, 0.1) is 0 Å². The smallest absolute Gasteiger partial charge is 0.323 e. The van der Waals surface area contributed by atoms with Crippen LogP contribution in [0.3, 0.4) is 0 Å². The molecule has 0 bridgehead atoms. The Kier molecular flexibility index (Phi) is 28.2. The maximum absolute atomic E-state index is 12.2. The SMILES string of the molecule is CC(=O)O.CCC(=O)O.O=C(O)CNC(=O)NCCCCCNC(=O)NCc1ccc(CC(=O)NCC(=O)NC(CC(=O)O)C(=O)NCCS)cc1. The zero-order chi connectivity index (χ0) is 39.9. The summed E-state index contributed by atoms with van der Waals surface area (Å²) in [5.41, 5.74) is 1.46. The Bertz CT molecular complexity index is 1310. The monoisotopic (exact) mass is 759 g/mol. The van der Waals surface area contributed by atoms with E-state index in [1.54, 1.807) is 31.2 Å². The van der Waals surface area contributed by atoms with Crippen LogP contribution < -0.4 is 37.2 Å². The molecule has 0 aromatic heterocycles. The Morgan fingerprint density at radius 1 is 0.635 bits per heavy atom. The number of benzene rings is 1. The summed E-state index contributed by atoms with van der Waals surface area (Å²) in [4.78, 5) is 99.5. The Balaban J connectivity index is 0. The third kappa shape index (κ3) is 31.7. The van der Waals surface area contributed by atoms with E-state index in [2.05, 4.69) is 49.8 Å². The minimum Gasteiger partial charge on any atom is -0.481 e. The molecule has 11 N–H and O–H groups in total. The average Bonchev–Trinajstić information content (AvgIpc) is 3.07. The number of hydrogen-bond donors (Lipinski definition) is 12. The molecule has 0 aliphatic carbocycles. The van der Waals surface area contributed by atoms with Crippen molar-refractivity contribution in [1.29, 1.82) is 0 Å². The number of hydrogen-bond acceptors (Lipinski definition) is 10. The van der Waals surface area contributed by atoms with Crippen molar-refractivity contribution in [2.75, 3.05) is 38.5 Å². The summed E-state index contributed by atoms with van der Waals surface area (Å²) in [6, 6.07) is 4.72. The van der Waals surface area contributed by atoms with Crippen molar-refractivity contribution >= 4 is 66.3 Å². The van der Waals surface area contributed by atoms with Gasteiger partial charge >= 0.3 is 30.0 Å². The number of carbonyl (C=O) groups is 9. The summed E-state index contributed by atoms with van der Waals surface area (Å²) in [6.07, 6.45) is 1.70. The van der Waals surface area contributed by atoms with Gasteiger partial charge in [0.1, 0.15) is 12.6 Å². The number of unbranched alkanes of at least 4 members (excludes halogenated alkanes) is 2. The summed E-state index contributed by atoms with van der Waals surface area (Å²) < 4.78 is 0. The van der Waals surface area contributed by atoms with E-state index < -0.39 is 73.2 Å². The molecule has 1 atom stereocenters. The predicted molar refractivity (Wildman–Crippen MR) is 189 cm³/mol. The molecule has 1 rings (SSSR count). The number of rotatable bonds is 21. The fraction of sp³-hybridized carbons (Fsp3) is 0.516. The molecule has 0 saturated carbocycles. The van der Waals surface area contributed by atoms with Crippen LogP contribution in [-0.2, 0) is 46.5 Å². The van der Waals surface area contributed by atoms with E-state index >= 15 is 0 Å². The third-order valence-electron chi connectivity index (χ3n) is 5.86. The highest BCUT2D eigenvalue weighted by atomic mass is 32.1. The lowest BCUT2D eigenvalue weighted by molar-refractivity contribution is -0.141. The van der Waals surface area contributed by atoms with E-state index in [4.69, 9.17) is 25.2 Å². The van der Waals surface area contributed by atoms with E-state index in [0.717, 1.165) is 18.9 Å². The van der Waals surface area contributed by atoms with Crippen LogP contribution in [0.5, 0.6) is 0 Å². The lowest BCUT2D eigenvalue weighted by Crippen LogP contribution is -2.50. The van der Waals surface area contributed by atoms with Crippen LogP contribution in [0.25, 0.3) is 0 Å². The van der Waals surface area contributed by atoms with Gasteiger partial charge in [0.2, 0.25) is 17.7 Å². The van der Waals surface area contributed by atoms with Gasteiger partial charge in [-0.2, -0.15) is 12.6 Å². The average molecular weight is 760 g/mol. The molecule has 1 aromatic rings. The number of carbonyl (C=O) groups excluding carboxylic acids is 5. The molecule has 20 nitrogen and oxygen atoms in total. The van der Waals surface area contributed by atoms with Gasteiger partial charge in [0, 0.05) is 45.3 Å². The second-order valence-corrected chi connectivity index (χ2v) is 10.9. The number of nitrogens with one attached hydrogen (secondary N) is 7. The molecule has 7 amide bonds. The molecule has 292 valence electrons. The van der Waals surface area contributed by atoms with Gasteiger partial charge in [-0.3, -0.25) is 33.6 Å². The highest BCUT2D eigenvalue weighted by Crippen LogP contribution is 2.05. The molecule has 0 heterocycles. The van der Waals surface area contributed by atoms with E-state index in [1.807, 2.05) is 0 Å². The summed E-state index contributed by atoms with van der Waals surface area (Å²) in [5.74, 6) is -5.45. The first kappa shape index (κ1) is 48.5. The van der Waals surface area contributed by atoms with Crippen LogP contribution in [0.4, 0.5) is 9.59 Å². The second-order valence-electron chi connectivity index (χ2n) is 10.4. The zero-order valence-corrected chi connectivity index (χ0v) is 29.9. The van der Waals surface area contributed by atoms with Crippen LogP contribution in [0.2, 0.25) is 0 Å². The standard InChI is InChI=1S/C26H39N7O9S.C3H6O2.C2H4O2/c34-20(30-15-21(35)33-19(13-22(36)37)24(40)27-10-11-43)12-17-4-6-18(7-5-17)14-31-25(41)28-8-2-1-3-9-29-26(42)32-16-23(38)39;1-2-3(4)5;1-2(3)4/h4-7,19,43H,1-3,8-16H2,(H,27,40)(H,30,34)(H,33,35)(H,36,37)(H,38,39)(H2,28,31,41)(H2,29,32,42);2H2,1H3,(H,4,5);1H3,(H,3,4). The van der Waals surface area contributed by atoms with Crippen molar-refractivity contribution in [2.24, 2.45) is 0 Å². The first-order chi connectivity index (χ1) is 24.5. The quantitative estimate of drug-likeness (QED) is 0.0545. The minimum atomic E-state index is -1.28. The number of urea groups is 2. The van der Waals surface area contributed by atoms with Gasteiger partial charge in [-0.15, -0.1) is 0 Å². The zero-order valence-electron chi connectivity index (χ0n) is 29.0. The first-order valence-corrected chi connectivity index (χ1v) is 16.5. The molecule has 0 saturated heterocycles. The topological polar surface area (TPSA) is 319 Å². The molecule has 0 aliphatic rings. The van der Waals surface area contributed by atoms with Crippen LogP contribution in [0.15, 0.2) is 24.3 Å². The van der Waals surface area contributed by atoms with Gasteiger partial charge in [0.05, 0.1) is 19.4 Å². The fourth-order valence-corrected chi connectivity index (χ4v) is 3.54. The highest BCUT2D eigenvalue weighted by molar-refractivity contribution is 7.80. The molecule has 1 unspecified atom stereocenters. The van der Waals surface area contributed by atoms with Crippen LogP contribution in [0.1, 0.15) is 57.1 Å². The molecular formula is C31H49N7O13S. The largest absolute Gasteiger partial charge is 0.481 e. The van der Waals surface area contributed by atoms with Crippen molar-refractivity contribution in [1.82, 2.24) is 37.2 Å². The Morgan fingerprint density at radius 2 is 1.15 bits per heavy atom. The van der Waals surface area contributed by atoms with Crippen molar-refractivity contribution in [3.05, 3.63) is 35.4 Å². The maximum Gasteiger partial charge on any atom is 0.323 e. The molecule has 0 aliphatic heterocycles. The Labute approximate surface area is 305 Å². The van der Waals surface area contributed by atoms with Crippen molar-refractivity contribution in [3.8, 4) is 0 Å². The van der Waals surface area contributed by atoms with Crippen LogP contribution >= 0.6 is 12.6 Å². The summed E-state index contributed by atoms with van der Waals surface area (Å²) in [7, 11) is 0. The van der Waals surface area contributed by atoms with Crippen molar-refractivity contribution < 1.29 is 63.6 Å². The van der Waals surface area contributed by atoms with Gasteiger partial charge in [0.25, 0.3) is 5.97 Å². The fourth-order valence-electron chi connectivity index (χ4n) is 3.43. The first-order valence-electron chi connectivity index (χ1n) is 15.9. The van der Waals surface area contributed by atoms with Crippen molar-refractivity contribution in [2.45, 2.75) is 65.0 Å². The van der Waals surface area contributed by atoms with Gasteiger partial charge in [-0.25, -0.2) is 9.59 Å². The number of amides is 7. The molecule has 1 aromatic carbocycles. The lowest BCUT2D eigenvalue weighted by Gasteiger charge is -2.16. The molecular weight excluding hydrogens is 710 g/mol. The molecule has 0 spiro atoms. The van der Waals surface area contributed by atoms with Gasteiger partial charge < -0.3 is 57.6 Å². The lowest BCUT2D eigenvalue weighted by atomic mass is 10.1. The maximum atomic E-state index is 12.2. The summed E-state index contributed by atoms with van der Waals surface area (Å²) in [6.45, 7) is 3.08. The van der Waals surface area contributed by atoms with E-state index in [9.17, 15) is 38.4 Å². The van der Waals surface area contributed by atoms with E-state index in [1.165, 1.54) is 0 Å². The number of carboxylic acids is 4. The second kappa shape index (κ2) is 30.2. The van der Waals surface area contributed by atoms with Gasteiger partial charge in [0.15, 0.2) is 0 Å². The van der Waals surface area contributed by atoms with Gasteiger partial charge in [-0.05, 0) is 30.4 Å². The number of aliphatic carboxylic acids is 4. The predicted octanol–water partition coefficient (Wildman–Crippen LogP) is -0.724. The summed E-state index contributed by atoms with van der Waals surface area (Å²) >= 11 is 3.95. The van der Waals surface area contributed by atoms with Crippen LogP contribution in [-0.4, -0.2) is 119 Å². The van der Waals surface area contributed by atoms with E-state index in [0.29, 0.717) is 37.2 Å². The summed E-state index contributed by atoms with van der Waals surface area (Å²) in [5, 5.41) is 50.0. The normalized spacial score (nSPS) is 10.2. The Hall–Kier alpha value is -5.60. The van der Waals surface area contributed by atoms with E-state index in [-0.39, 0.29) is 32.0 Å². The Morgan fingerprint density at radius 3 is 1.63 bits per heavy atom. The molecule has 21 heteroatoms.